The number of carbonyl (C=O) groups is 1. The van der Waals surface area contributed by atoms with Crippen LogP contribution in [0.5, 0.6) is 5.75 Å². The van der Waals surface area contributed by atoms with Crippen molar-refractivity contribution in [1.29, 1.82) is 0 Å². The summed E-state index contributed by atoms with van der Waals surface area (Å²) in [6, 6.07) is 11.6. The molecule has 28 heavy (non-hydrogen) atoms. The summed E-state index contributed by atoms with van der Waals surface area (Å²) in [5.41, 5.74) is 7.03. The number of furan rings is 1. The molecular weight excluding hydrogens is 350 g/mol. The average molecular weight is 373 g/mol. The minimum atomic E-state index is 0.143. The molecule has 142 valence electrons. The molecule has 2 heterocycles. The van der Waals surface area contributed by atoms with Gasteiger partial charge in [-0.25, -0.2) is 0 Å². The molecular formula is C24H23NO3. The van der Waals surface area contributed by atoms with Crippen LogP contribution in [0.2, 0.25) is 0 Å². The quantitative estimate of drug-likeness (QED) is 0.736. The van der Waals surface area contributed by atoms with Crippen LogP contribution < -0.4 is 0 Å². The molecule has 0 atom stereocenters. The van der Waals surface area contributed by atoms with E-state index in [2.05, 4.69) is 18.2 Å². The molecule has 0 saturated heterocycles. The number of hydrogen-bond donors (Lipinski definition) is 1. The number of aryl methyl sites for hydroxylation is 2. The Kier molecular flexibility index (Phi) is 4.19. The third-order valence-electron chi connectivity index (χ3n) is 6.01. The van der Waals surface area contributed by atoms with Crippen molar-refractivity contribution < 1.29 is 14.3 Å². The van der Waals surface area contributed by atoms with Crippen molar-refractivity contribution >= 4 is 22.4 Å². The maximum atomic E-state index is 12.9. The van der Waals surface area contributed by atoms with Gasteiger partial charge < -0.3 is 14.4 Å². The summed E-state index contributed by atoms with van der Waals surface area (Å²) in [5.74, 6) is 0.416. The Morgan fingerprint density at radius 1 is 1.07 bits per heavy atom. The van der Waals surface area contributed by atoms with Crippen LogP contribution >= 0.6 is 0 Å². The average Bonchev–Trinajstić information content (AvgIpc) is 3.33. The Labute approximate surface area is 164 Å². The number of nitrogens with zero attached hydrogens (tertiary/aromatic N) is 1. The van der Waals surface area contributed by atoms with Gasteiger partial charge in [0, 0.05) is 24.0 Å². The van der Waals surface area contributed by atoms with Gasteiger partial charge in [0.2, 0.25) is 5.91 Å². The number of phenolic OH excluding ortho intramolecular Hbond substituents is 1. The predicted octanol–water partition coefficient (Wildman–Crippen LogP) is 4.49. The van der Waals surface area contributed by atoms with E-state index in [1.54, 1.807) is 18.4 Å². The molecule has 1 amide bonds. The van der Waals surface area contributed by atoms with Crippen LogP contribution in [-0.4, -0.2) is 29.0 Å². The number of amides is 1. The molecule has 2 aromatic carbocycles. The monoisotopic (exact) mass is 373 g/mol. The van der Waals surface area contributed by atoms with Crippen molar-refractivity contribution in [2.45, 2.75) is 32.1 Å². The minimum Gasteiger partial charge on any atom is -0.508 e. The van der Waals surface area contributed by atoms with Crippen LogP contribution in [-0.2, 0) is 24.1 Å². The van der Waals surface area contributed by atoms with E-state index in [0.29, 0.717) is 13.0 Å². The Morgan fingerprint density at radius 2 is 1.86 bits per heavy atom. The zero-order chi connectivity index (χ0) is 19.1. The fourth-order valence-corrected chi connectivity index (χ4v) is 4.39. The van der Waals surface area contributed by atoms with Crippen LogP contribution in [0.15, 0.2) is 53.2 Å². The van der Waals surface area contributed by atoms with Crippen molar-refractivity contribution in [3.63, 3.8) is 0 Å². The Hall–Kier alpha value is -3.01. The summed E-state index contributed by atoms with van der Waals surface area (Å²) in [5, 5.41) is 10.5. The van der Waals surface area contributed by atoms with Gasteiger partial charge in [0.25, 0.3) is 0 Å². The molecule has 4 heteroatoms. The fourth-order valence-electron chi connectivity index (χ4n) is 4.39. The first-order chi connectivity index (χ1) is 13.7. The molecule has 5 rings (SSSR count). The van der Waals surface area contributed by atoms with E-state index < -0.39 is 0 Å². The van der Waals surface area contributed by atoms with Gasteiger partial charge in [0.1, 0.15) is 11.3 Å². The third-order valence-corrected chi connectivity index (χ3v) is 6.01. The van der Waals surface area contributed by atoms with Crippen molar-refractivity contribution in [2.24, 2.45) is 0 Å². The highest BCUT2D eigenvalue weighted by atomic mass is 16.3. The van der Waals surface area contributed by atoms with Crippen molar-refractivity contribution in [2.75, 3.05) is 13.1 Å². The van der Waals surface area contributed by atoms with E-state index >= 15 is 0 Å². The molecule has 1 aromatic heterocycles. The third kappa shape index (κ3) is 3.09. The molecule has 0 saturated carbocycles. The molecule has 3 aromatic rings. The second-order valence-electron chi connectivity index (χ2n) is 7.77. The minimum absolute atomic E-state index is 0.143. The first kappa shape index (κ1) is 17.1. The van der Waals surface area contributed by atoms with E-state index in [1.165, 1.54) is 23.1 Å². The van der Waals surface area contributed by atoms with Gasteiger partial charge in [0.05, 0.1) is 12.7 Å². The SMILES string of the molecule is O=C(Cc1coc2cc3c(cc12)CCC3)N1CC=C(c2ccc(O)cc2)CC1. The van der Waals surface area contributed by atoms with E-state index in [0.717, 1.165) is 47.9 Å². The van der Waals surface area contributed by atoms with E-state index in [9.17, 15) is 9.90 Å². The highest BCUT2D eigenvalue weighted by Crippen LogP contribution is 2.31. The smallest absolute Gasteiger partial charge is 0.227 e. The molecule has 4 nitrogen and oxygen atoms in total. The van der Waals surface area contributed by atoms with E-state index in [-0.39, 0.29) is 11.7 Å². The number of fused-ring (bicyclic) bond motifs is 2. The van der Waals surface area contributed by atoms with Gasteiger partial charge in [-0.2, -0.15) is 0 Å². The lowest BCUT2D eigenvalue weighted by atomic mass is 9.99. The van der Waals surface area contributed by atoms with Crippen LogP contribution in [0, 0.1) is 0 Å². The number of rotatable bonds is 3. The van der Waals surface area contributed by atoms with Gasteiger partial charge in [-0.05, 0) is 72.2 Å². The van der Waals surface area contributed by atoms with E-state index in [4.69, 9.17) is 4.42 Å². The van der Waals surface area contributed by atoms with Gasteiger partial charge in [0.15, 0.2) is 0 Å². The number of carbonyl (C=O) groups excluding carboxylic acids is 1. The van der Waals surface area contributed by atoms with Crippen LogP contribution in [0.4, 0.5) is 0 Å². The largest absolute Gasteiger partial charge is 0.508 e. The van der Waals surface area contributed by atoms with Crippen LogP contribution in [0.25, 0.3) is 16.5 Å². The lowest BCUT2D eigenvalue weighted by Gasteiger charge is -2.26. The van der Waals surface area contributed by atoms with Crippen molar-refractivity contribution in [3.8, 4) is 5.75 Å². The lowest BCUT2D eigenvalue weighted by Crippen LogP contribution is -2.35. The maximum absolute atomic E-state index is 12.9. The molecule has 1 N–H and O–H groups in total. The highest BCUT2D eigenvalue weighted by molar-refractivity contribution is 5.89. The Morgan fingerprint density at radius 3 is 2.61 bits per heavy atom. The molecule has 0 fully saturated rings. The van der Waals surface area contributed by atoms with Gasteiger partial charge >= 0.3 is 0 Å². The van der Waals surface area contributed by atoms with Gasteiger partial charge in [-0.1, -0.05) is 18.2 Å². The number of phenols is 1. The highest BCUT2D eigenvalue weighted by Gasteiger charge is 2.21. The zero-order valence-corrected chi connectivity index (χ0v) is 15.8. The first-order valence-corrected chi connectivity index (χ1v) is 9.95. The first-order valence-electron chi connectivity index (χ1n) is 9.95. The number of hydrogen-bond acceptors (Lipinski definition) is 3. The molecule has 0 bridgehead atoms. The summed E-state index contributed by atoms with van der Waals surface area (Å²) < 4.78 is 5.74. The topological polar surface area (TPSA) is 53.7 Å². The molecule has 0 radical (unpaired) electrons. The second kappa shape index (κ2) is 6.86. The molecule has 0 spiro atoms. The lowest BCUT2D eigenvalue weighted by molar-refractivity contribution is -0.130. The number of aromatic hydroxyl groups is 1. The summed E-state index contributed by atoms with van der Waals surface area (Å²) in [4.78, 5) is 14.8. The molecule has 1 aliphatic carbocycles. The van der Waals surface area contributed by atoms with Crippen LogP contribution in [0.1, 0.15) is 35.1 Å². The summed E-state index contributed by atoms with van der Waals surface area (Å²) >= 11 is 0. The summed E-state index contributed by atoms with van der Waals surface area (Å²) in [7, 11) is 0. The predicted molar refractivity (Wildman–Crippen MR) is 109 cm³/mol. The molecule has 0 unspecified atom stereocenters. The fraction of sp³-hybridized carbons (Fsp3) is 0.292. The molecule has 2 aliphatic rings. The zero-order valence-electron chi connectivity index (χ0n) is 15.8. The normalized spacial score (nSPS) is 16.3. The Bertz CT molecular complexity index is 1080. The summed E-state index contributed by atoms with van der Waals surface area (Å²) in [6.07, 6.45) is 8.54. The number of benzene rings is 2. The molecule has 1 aliphatic heterocycles. The van der Waals surface area contributed by atoms with E-state index in [1.807, 2.05) is 17.0 Å². The van der Waals surface area contributed by atoms with Gasteiger partial charge in [-0.15, -0.1) is 0 Å². The summed E-state index contributed by atoms with van der Waals surface area (Å²) in [6.45, 7) is 1.34. The second-order valence-corrected chi connectivity index (χ2v) is 7.77. The van der Waals surface area contributed by atoms with Crippen LogP contribution in [0.3, 0.4) is 0 Å². The Balaban J connectivity index is 1.30. The standard InChI is InChI=1S/C24H23NO3/c26-21-6-4-16(5-7-21)17-8-10-25(11-9-17)24(27)14-20-15-28-23-13-19-3-1-2-18(19)12-22(20)23/h4-8,12-13,15,26H,1-3,9-11,14H2. The van der Waals surface area contributed by atoms with Gasteiger partial charge in [-0.3, -0.25) is 4.79 Å². The van der Waals surface area contributed by atoms with Crippen molar-refractivity contribution in [3.05, 3.63) is 71.0 Å². The maximum Gasteiger partial charge on any atom is 0.227 e. The van der Waals surface area contributed by atoms with Crippen molar-refractivity contribution in [1.82, 2.24) is 4.90 Å².